The SMILES string of the molecule is CN(C)P(=O)(N(C)C)N(C)C.CN(C)P(=O)(N(C)C)N(C)C.O=C(O)c1ccccc1C(=O)O. The van der Waals surface area contributed by atoms with Gasteiger partial charge in [-0.25, -0.2) is 37.6 Å². The second kappa shape index (κ2) is 14.7. The number of hydrogen-bond donors (Lipinski definition) is 2. The highest BCUT2D eigenvalue weighted by molar-refractivity contribution is 7.56. The molecule has 12 nitrogen and oxygen atoms in total. The van der Waals surface area contributed by atoms with Crippen LogP contribution in [0.5, 0.6) is 0 Å². The Kier molecular flexibility index (Phi) is 14.9. The molecule has 1 aromatic rings. The molecule has 0 atom stereocenters. The van der Waals surface area contributed by atoms with Crippen molar-refractivity contribution in [3.8, 4) is 0 Å². The van der Waals surface area contributed by atoms with E-state index in [0.717, 1.165) is 0 Å². The summed E-state index contributed by atoms with van der Waals surface area (Å²) in [6.45, 7) is 0. The van der Waals surface area contributed by atoms with Crippen molar-refractivity contribution in [1.82, 2.24) is 28.0 Å². The molecule has 0 fully saturated rings. The smallest absolute Gasteiger partial charge is 0.336 e. The van der Waals surface area contributed by atoms with E-state index >= 15 is 0 Å². The average molecular weight is 525 g/mol. The Morgan fingerprint density at radius 2 is 0.706 bits per heavy atom. The molecule has 1 aromatic carbocycles. The summed E-state index contributed by atoms with van der Waals surface area (Å²) in [5.41, 5.74) is -0.380. The molecule has 34 heavy (non-hydrogen) atoms. The van der Waals surface area contributed by atoms with Gasteiger partial charge in [0, 0.05) is 0 Å². The Bertz CT molecular complexity index is 762. The van der Waals surface area contributed by atoms with Crippen LogP contribution in [-0.2, 0) is 9.13 Å². The maximum atomic E-state index is 12.1. The van der Waals surface area contributed by atoms with Gasteiger partial charge in [0.25, 0.3) is 15.2 Å². The van der Waals surface area contributed by atoms with Gasteiger partial charge in [0.15, 0.2) is 0 Å². The first kappa shape index (κ1) is 34.5. The maximum Gasteiger partial charge on any atom is 0.336 e. The molecule has 0 radical (unpaired) electrons. The zero-order chi connectivity index (χ0) is 27.6. The Morgan fingerprint density at radius 3 is 0.794 bits per heavy atom. The standard InChI is InChI=1S/C8H6O4.2C6H18N3OP/c9-7(10)5-3-1-2-4-6(5)8(11)12;2*1-7(2)11(10,8(3)4)9(5)6/h1-4H,(H,9,10)(H,11,12);2*1-6H3. The number of carbonyl (C=O) groups is 2. The molecule has 0 aliphatic carbocycles. The average Bonchev–Trinajstić information content (AvgIpc) is 2.72. The van der Waals surface area contributed by atoms with Gasteiger partial charge in [-0.2, -0.15) is 0 Å². The Morgan fingerprint density at radius 1 is 0.529 bits per heavy atom. The Balaban J connectivity index is 0. The van der Waals surface area contributed by atoms with Crippen LogP contribution in [0.1, 0.15) is 20.7 Å². The molecule has 0 spiro atoms. The van der Waals surface area contributed by atoms with Gasteiger partial charge in [-0.05, 0) is 96.7 Å². The fourth-order valence-corrected chi connectivity index (χ4v) is 7.30. The fourth-order valence-electron chi connectivity index (χ4n) is 3.00. The minimum absolute atomic E-state index is 0.190. The van der Waals surface area contributed by atoms with Gasteiger partial charge in [-0.3, -0.25) is 9.13 Å². The lowest BCUT2D eigenvalue weighted by Gasteiger charge is -2.34. The first-order chi connectivity index (χ1) is 15.3. The van der Waals surface area contributed by atoms with Crippen molar-refractivity contribution in [2.24, 2.45) is 0 Å². The van der Waals surface area contributed by atoms with Crippen LogP contribution in [0.15, 0.2) is 24.3 Å². The van der Waals surface area contributed by atoms with E-state index in [1.165, 1.54) is 24.3 Å². The van der Waals surface area contributed by atoms with E-state index in [1.807, 2.05) is 84.6 Å². The van der Waals surface area contributed by atoms with E-state index < -0.39 is 27.1 Å². The number of carboxylic acids is 2. The van der Waals surface area contributed by atoms with Crippen molar-refractivity contribution >= 4 is 27.1 Å². The highest BCUT2D eigenvalue weighted by Gasteiger charge is 2.31. The number of benzene rings is 1. The Hall–Kier alpha value is -1.62. The molecule has 0 aromatic heterocycles. The van der Waals surface area contributed by atoms with E-state index in [4.69, 9.17) is 10.2 Å². The van der Waals surface area contributed by atoms with Gasteiger partial charge in [-0.15, -0.1) is 0 Å². The number of carboxylic acid groups (broad SMARTS) is 2. The van der Waals surface area contributed by atoms with Gasteiger partial charge >= 0.3 is 11.9 Å². The van der Waals surface area contributed by atoms with Crippen molar-refractivity contribution in [3.05, 3.63) is 35.4 Å². The number of nitrogens with zero attached hydrogens (tertiary/aromatic N) is 6. The van der Waals surface area contributed by atoms with Gasteiger partial charge in [0.05, 0.1) is 11.1 Å². The predicted molar refractivity (Wildman–Crippen MR) is 138 cm³/mol. The van der Waals surface area contributed by atoms with E-state index in [0.29, 0.717) is 0 Å². The molecule has 0 saturated heterocycles. The zero-order valence-corrected chi connectivity index (χ0v) is 24.2. The third-order valence-electron chi connectivity index (χ3n) is 4.51. The summed E-state index contributed by atoms with van der Waals surface area (Å²) in [5, 5.41) is 17.1. The first-order valence-corrected chi connectivity index (χ1v) is 13.2. The third kappa shape index (κ3) is 9.20. The van der Waals surface area contributed by atoms with Gasteiger partial charge in [0.1, 0.15) is 0 Å². The minimum Gasteiger partial charge on any atom is -0.478 e. The quantitative estimate of drug-likeness (QED) is 0.485. The molecule has 0 saturated carbocycles. The topological polar surface area (TPSA) is 128 Å². The molecule has 14 heteroatoms. The van der Waals surface area contributed by atoms with Crippen molar-refractivity contribution in [1.29, 1.82) is 0 Å². The van der Waals surface area contributed by atoms with Crippen LogP contribution in [0.25, 0.3) is 0 Å². The van der Waals surface area contributed by atoms with Crippen molar-refractivity contribution in [2.75, 3.05) is 84.6 Å². The minimum atomic E-state index is -2.44. The predicted octanol–water partition coefficient (Wildman–Crippen LogP) is 2.64. The lowest BCUT2D eigenvalue weighted by Crippen LogP contribution is -2.30. The summed E-state index contributed by atoms with van der Waals surface area (Å²) in [6.07, 6.45) is 0. The van der Waals surface area contributed by atoms with Crippen LogP contribution < -0.4 is 0 Å². The van der Waals surface area contributed by atoms with Crippen molar-refractivity contribution < 1.29 is 28.9 Å². The second-order valence-corrected chi connectivity index (χ2v) is 15.1. The van der Waals surface area contributed by atoms with E-state index in [1.54, 1.807) is 28.0 Å². The fraction of sp³-hybridized carbons (Fsp3) is 0.600. The van der Waals surface area contributed by atoms with E-state index in [-0.39, 0.29) is 11.1 Å². The molecule has 0 bridgehead atoms. The van der Waals surface area contributed by atoms with Crippen LogP contribution >= 0.6 is 15.2 Å². The number of hydrogen-bond acceptors (Lipinski definition) is 4. The molecule has 0 aliphatic rings. The summed E-state index contributed by atoms with van der Waals surface area (Å²) in [7, 11) is 17.0. The largest absolute Gasteiger partial charge is 0.478 e. The summed E-state index contributed by atoms with van der Waals surface area (Å²) < 4.78 is 34.6. The normalized spacial score (nSPS) is 12.1. The van der Waals surface area contributed by atoms with Gasteiger partial charge in [0.2, 0.25) is 0 Å². The summed E-state index contributed by atoms with van der Waals surface area (Å²) in [6, 6.07) is 5.48. The first-order valence-electron chi connectivity index (χ1n) is 10.1. The van der Waals surface area contributed by atoms with Crippen LogP contribution in [-0.4, -0.2) is 135 Å². The van der Waals surface area contributed by atoms with Gasteiger partial charge in [-0.1, -0.05) is 12.1 Å². The maximum absolute atomic E-state index is 12.1. The van der Waals surface area contributed by atoms with E-state index in [2.05, 4.69) is 0 Å². The van der Waals surface area contributed by atoms with E-state index in [9.17, 15) is 18.7 Å². The number of aromatic carboxylic acids is 2. The van der Waals surface area contributed by atoms with Crippen molar-refractivity contribution in [3.63, 3.8) is 0 Å². The lowest BCUT2D eigenvalue weighted by molar-refractivity contribution is 0.0651. The van der Waals surface area contributed by atoms with Crippen LogP contribution in [0.3, 0.4) is 0 Å². The summed E-state index contributed by atoms with van der Waals surface area (Å²) in [4.78, 5) is 20.9. The van der Waals surface area contributed by atoms with Crippen molar-refractivity contribution in [2.45, 2.75) is 0 Å². The third-order valence-corrected chi connectivity index (χ3v) is 10.8. The number of rotatable bonds is 8. The zero-order valence-electron chi connectivity index (χ0n) is 22.4. The highest BCUT2D eigenvalue weighted by atomic mass is 31.2. The van der Waals surface area contributed by atoms with Crippen LogP contribution in [0, 0.1) is 0 Å². The van der Waals surface area contributed by atoms with Crippen LogP contribution in [0.4, 0.5) is 0 Å². The lowest BCUT2D eigenvalue weighted by atomic mass is 10.1. The summed E-state index contributed by atoms with van der Waals surface area (Å²) >= 11 is 0. The molecular formula is C20H42N6O6P2. The Labute approximate surface area is 204 Å². The second-order valence-electron chi connectivity index (χ2n) is 8.27. The molecule has 0 aliphatic heterocycles. The molecule has 198 valence electrons. The summed E-state index contributed by atoms with van der Waals surface area (Å²) in [5.74, 6) is -2.46. The molecule has 0 heterocycles. The molecular weight excluding hydrogens is 482 g/mol. The van der Waals surface area contributed by atoms with Gasteiger partial charge < -0.3 is 10.2 Å². The molecule has 0 amide bonds. The molecule has 2 N–H and O–H groups in total. The monoisotopic (exact) mass is 524 g/mol. The molecule has 0 unspecified atom stereocenters. The highest BCUT2D eigenvalue weighted by Crippen LogP contribution is 2.51. The van der Waals surface area contributed by atoms with Crippen LogP contribution in [0.2, 0.25) is 0 Å². The molecule has 1 rings (SSSR count).